The van der Waals surface area contributed by atoms with Crippen molar-refractivity contribution in [1.29, 1.82) is 0 Å². The van der Waals surface area contributed by atoms with E-state index in [1.54, 1.807) is 0 Å². The molecule has 0 fully saturated rings. The van der Waals surface area contributed by atoms with Gasteiger partial charge in [0.15, 0.2) is 0 Å². The van der Waals surface area contributed by atoms with E-state index in [0.717, 1.165) is 0 Å². The quantitative estimate of drug-likeness (QED) is 0.369. The van der Waals surface area contributed by atoms with E-state index < -0.39 is 58.8 Å². The van der Waals surface area contributed by atoms with Gasteiger partial charge in [-0.25, -0.2) is 0 Å². The highest BCUT2D eigenvalue weighted by molar-refractivity contribution is 5.17. The molecule has 0 atom stereocenters. The van der Waals surface area contributed by atoms with Gasteiger partial charge in [-0.2, -0.15) is 65.9 Å². The van der Waals surface area contributed by atoms with Crippen molar-refractivity contribution in [2.45, 2.75) is 18.1 Å². The fourth-order valence-corrected chi connectivity index (χ4v) is 1.16. The lowest BCUT2D eigenvalue weighted by atomic mass is 10.2. The topological polar surface area (TPSA) is 3.24 Å². The number of nitrogens with zero attached hydrogens (tertiary/aromatic N) is 1. The van der Waals surface area contributed by atoms with E-state index in [1.807, 2.05) is 0 Å². The fourth-order valence-electron chi connectivity index (χ4n) is 1.16. The molecule has 0 aromatic heterocycles. The fraction of sp³-hybridized carbons (Fsp3) is 0.333. The van der Waals surface area contributed by atoms with E-state index in [2.05, 4.69) is 0 Å². The third kappa shape index (κ3) is 4.21. The first-order valence-electron chi connectivity index (χ1n) is 5.01. The predicted molar refractivity (Wildman–Crippen MR) is 47.7 cm³/mol. The summed E-state index contributed by atoms with van der Waals surface area (Å²) in [6.45, 7) is 0. The SMILES string of the molecule is FC(F)=C(F)C(F)(F)N(C(F)(F)C(F)=C(F)F)C(F)(F)C(F)=C(F)F. The molecule has 0 amide bonds. The van der Waals surface area contributed by atoms with Gasteiger partial charge in [0.1, 0.15) is 0 Å². The van der Waals surface area contributed by atoms with E-state index in [9.17, 15) is 65.9 Å². The molecule has 0 N–H and O–H groups in total. The maximum absolute atomic E-state index is 13.2. The first-order valence-corrected chi connectivity index (χ1v) is 5.01. The van der Waals surface area contributed by atoms with Crippen LogP contribution in [-0.2, 0) is 0 Å². The lowest BCUT2D eigenvalue weighted by Crippen LogP contribution is -2.62. The predicted octanol–water partition coefficient (Wildman–Crippen LogP) is 6.30. The summed E-state index contributed by atoms with van der Waals surface area (Å²) in [5, 5.41) is 0. The van der Waals surface area contributed by atoms with E-state index in [0.29, 0.717) is 0 Å². The van der Waals surface area contributed by atoms with Gasteiger partial charge in [0.2, 0.25) is 0 Å². The standard InChI is InChI=1S/C9F15N/c10-1(4(13)14)7(19,20)25(8(21,22)2(11)5(15)16)9(23,24)3(12)6(17)18. The van der Waals surface area contributed by atoms with Gasteiger partial charge >= 0.3 is 36.4 Å². The van der Waals surface area contributed by atoms with E-state index in [1.165, 1.54) is 0 Å². The van der Waals surface area contributed by atoms with Crippen LogP contribution >= 0.6 is 0 Å². The molecule has 0 unspecified atom stereocenters. The highest BCUT2D eigenvalue weighted by Gasteiger charge is 2.71. The van der Waals surface area contributed by atoms with Crippen LogP contribution < -0.4 is 0 Å². The molecule has 0 saturated heterocycles. The van der Waals surface area contributed by atoms with Gasteiger partial charge in [0.05, 0.1) is 0 Å². The summed E-state index contributed by atoms with van der Waals surface area (Å²) in [4.78, 5) is -3.83. The largest absolute Gasteiger partial charge is 0.372 e. The van der Waals surface area contributed by atoms with Gasteiger partial charge in [-0.3, -0.25) is 0 Å². The van der Waals surface area contributed by atoms with Crippen molar-refractivity contribution in [2.75, 3.05) is 0 Å². The smallest absolute Gasteiger partial charge is 0.197 e. The first-order chi connectivity index (χ1) is 10.9. The first kappa shape index (κ1) is 23.1. The van der Waals surface area contributed by atoms with Crippen molar-refractivity contribution in [2.24, 2.45) is 0 Å². The number of hydrogen-bond acceptors (Lipinski definition) is 1. The second kappa shape index (κ2) is 7.17. The minimum absolute atomic E-state index is 3.83. The van der Waals surface area contributed by atoms with Gasteiger partial charge in [-0.05, 0) is 0 Å². The summed E-state index contributed by atoms with van der Waals surface area (Å²) in [7, 11) is 0. The molecule has 0 aliphatic carbocycles. The zero-order valence-electron chi connectivity index (χ0n) is 10.6. The maximum Gasteiger partial charge on any atom is 0.372 e. The lowest BCUT2D eigenvalue weighted by Gasteiger charge is -2.38. The Kier molecular flexibility index (Phi) is 6.63. The average molecular weight is 407 g/mol. The van der Waals surface area contributed by atoms with Crippen molar-refractivity contribution < 1.29 is 65.9 Å². The van der Waals surface area contributed by atoms with Crippen LogP contribution in [0.3, 0.4) is 0 Å². The van der Waals surface area contributed by atoms with Gasteiger partial charge < -0.3 is 0 Å². The van der Waals surface area contributed by atoms with Crippen LogP contribution in [0.5, 0.6) is 0 Å². The Morgan fingerprint density at radius 1 is 0.400 bits per heavy atom. The second-order valence-corrected chi connectivity index (χ2v) is 3.68. The molecule has 0 aliphatic heterocycles. The molecule has 0 aromatic carbocycles. The monoisotopic (exact) mass is 407 g/mol. The minimum Gasteiger partial charge on any atom is -0.197 e. The third-order valence-electron chi connectivity index (χ3n) is 2.13. The molecule has 0 bridgehead atoms. The molecule has 25 heavy (non-hydrogen) atoms. The van der Waals surface area contributed by atoms with Crippen LogP contribution in [0.4, 0.5) is 65.9 Å². The maximum atomic E-state index is 13.2. The van der Waals surface area contributed by atoms with Crippen molar-refractivity contribution in [1.82, 2.24) is 4.90 Å². The zero-order chi connectivity index (χ0) is 20.5. The Bertz CT molecular complexity index is 517. The summed E-state index contributed by atoms with van der Waals surface area (Å²) >= 11 is 0. The van der Waals surface area contributed by atoms with Crippen LogP contribution in [-0.4, -0.2) is 23.0 Å². The Hall–Kier alpha value is -1.87. The molecule has 0 aliphatic rings. The molecule has 146 valence electrons. The molecule has 0 heterocycles. The summed E-state index contributed by atoms with van der Waals surface area (Å²) in [5.41, 5.74) is 0. The summed E-state index contributed by atoms with van der Waals surface area (Å²) < 4.78 is 187. The number of alkyl halides is 6. The molecule has 0 radical (unpaired) electrons. The highest BCUT2D eigenvalue weighted by Crippen LogP contribution is 2.51. The molecule has 1 nitrogen and oxygen atoms in total. The number of hydrogen-bond donors (Lipinski definition) is 0. The second-order valence-electron chi connectivity index (χ2n) is 3.68. The van der Waals surface area contributed by atoms with Gasteiger partial charge in [0, 0.05) is 0 Å². The van der Waals surface area contributed by atoms with Crippen molar-refractivity contribution >= 4 is 0 Å². The molecule has 0 saturated carbocycles. The summed E-state index contributed by atoms with van der Waals surface area (Å²) in [6, 6.07) is -21.4. The van der Waals surface area contributed by atoms with Crippen molar-refractivity contribution in [3.8, 4) is 0 Å². The third-order valence-corrected chi connectivity index (χ3v) is 2.13. The zero-order valence-corrected chi connectivity index (χ0v) is 10.6. The Morgan fingerprint density at radius 3 is 0.680 bits per heavy atom. The Labute approximate surface area is 126 Å². The van der Waals surface area contributed by atoms with E-state index >= 15 is 0 Å². The van der Waals surface area contributed by atoms with Gasteiger partial charge in [-0.15, -0.1) is 4.90 Å². The Balaban J connectivity index is 6.95. The minimum atomic E-state index is -7.12. The summed E-state index contributed by atoms with van der Waals surface area (Å²) in [5.74, 6) is -13.5. The normalized spacial score (nSPS) is 13.0. The van der Waals surface area contributed by atoms with Crippen LogP contribution in [0.1, 0.15) is 0 Å². The average Bonchev–Trinajstić information content (AvgIpc) is 2.42. The highest BCUT2D eigenvalue weighted by atomic mass is 19.3. The van der Waals surface area contributed by atoms with Crippen molar-refractivity contribution in [3.05, 3.63) is 35.7 Å². The van der Waals surface area contributed by atoms with Gasteiger partial charge in [-0.1, -0.05) is 0 Å². The number of rotatable bonds is 6. The molecular weight excluding hydrogens is 407 g/mol. The molecule has 0 aromatic rings. The Morgan fingerprint density at radius 2 is 0.560 bits per heavy atom. The van der Waals surface area contributed by atoms with Crippen molar-refractivity contribution in [3.63, 3.8) is 0 Å². The molecular formula is C9F15N. The number of halogens is 15. The molecule has 0 spiro atoms. The van der Waals surface area contributed by atoms with Crippen LogP contribution in [0.2, 0.25) is 0 Å². The molecule has 16 heteroatoms. The molecule has 0 rings (SSSR count). The summed E-state index contributed by atoms with van der Waals surface area (Å²) in [6.07, 6.45) is -12.9. The van der Waals surface area contributed by atoms with Crippen LogP contribution in [0.15, 0.2) is 35.7 Å². The van der Waals surface area contributed by atoms with E-state index in [-0.39, 0.29) is 0 Å². The lowest BCUT2D eigenvalue weighted by molar-refractivity contribution is -0.347. The van der Waals surface area contributed by atoms with Gasteiger partial charge in [0.25, 0.3) is 17.5 Å². The van der Waals surface area contributed by atoms with Crippen LogP contribution in [0, 0.1) is 0 Å². The van der Waals surface area contributed by atoms with Crippen LogP contribution in [0.25, 0.3) is 0 Å². The van der Waals surface area contributed by atoms with E-state index in [4.69, 9.17) is 0 Å².